The predicted octanol–water partition coefficient (Wildman–Crippen LogP) is 0.214. The molecule has 0 aliphatic carbocycles. The molecule has 0 radical (unpaired) electrons. The molecule has 1 aliphatic rings. The van der Waals surface area contributed by atoms with E-state index in [-0.39, 0.29) is 5.91 Å². The Balaban J connectivity index is 2.34. The largest absolute Gasteiger partial charge is 0.390 e. The second-order valence-corrected chi connectivity index (χ2v) is 4.15. The van der Waals surface area contributed by atoms with E-state index in [0.717, 1.165) is 12.8 Å². The smallest absolute Gasteiger partial charge is 0.282 e. The standard InChI is InChI=1S/C10H18F2N2O2/c1-8(13-6-10(11,12)7-15)9(16)14-4-2-3-5-14/h8,13,15H,2-7H2,1H3. The summed E-state index contributed by atoms with van der Waals surface area (Å²) >= 11 is 0. The number of carbonyl (C=O) groups is 1. The molecule has 0 aromatic heterocycles. The molecule has 1 amide bonds. The number of likely N-dealkylation sites (tertiary alicyclic amines) is 1. The lowest BCUT2D eigenvalue weighted by Crippen LogP contribution is -2.48. The minimum absolute atomic E-state index is 0.147. The Morgan fingerprint density at radius 3 is 2.56 bits per heavy atom. The van der Waals surface area contributed by atoms with Gasteiger partial charge in [-0.15, -0.1) is 0 Å². The van der Waals surface area contributed by atoms with Crippen LogP contribution in [0.2, 0.25) is 0 Å². The van der Waals surface area contributed by atoms with Gasteiger partial charge in [-0.05, 0) is 19.8 Å². The molecule has 0 aromatic rings. The number of halogens is 2. The Morgan fingerprint density at radius 1 is 1.50 bits per heavy atom. The summed E-state index contributed by atoms with van der Waals surface area (Å²) < 4.78 is 25.4. The van der Waals surface area contributed by atoms with Gasteiger partial charge >= 0.3 is 0 Å². The van der Waals surface area contributed by atoms with Crippen molar-refractivity contribution in [1.82, 2.24) is 10.2 Å². The highest BCUT2D eigenvalue weighted by Crippen LogP contribution is 2.12. The van der Waals surface area contributed by atoms with E-state index >= 15 is 0 Å². The van der Waals surface area contributed by atoms with E-state index in [0.29, 0.717) is 13.1 Å². The van der Waals surface area contributed by atoms with Crippen LogP contribution >= 0.6 is 0 Å². The van der Waals surface area contributed by atoms with Crippen molar-refractivity contribution in [1.29, 1.82) is 0 Å². The zero-order valence-electron chi connectivity index (χ0n) is 9.38. The molecule has 0 spiro atoms. The highest BCUT2D eigenvalue weighted by Gasteiger charge is 2.30. The molecule has 1 rings (SSSR count). The van der Waals surface area contributed by atoms with Crippen molar-refractivity contribution < 1.29 is 18.7 Å². The van der Waals surface area contributed by atoms with Crippen LogP contribution in [0.4, 0.5) is 8.78 Å². The van der Waals surface area contributed by atoms with Gasteiger partial charge in [-0.1, -0.05) is 0 Å². The van der Waals surface area contributed by atoms with Gasteiger partial charge in [0.2, 0.25) is 5.91 Å². The van der Waals surface area contributed by atoms with E-state index in [1.54, 1.807) is 11.8 Å². The minimum atomic E-state index is -3.17. The number of nitrogens with zero attached hydrogens (tertiary/aromatic N) is 1. The molecular formula is C10H18F2N2O2. The summed E-state index contributed by atoms with van der Waals surface area (Å²) in [6.07, 6.45) is 1.95. The van der Waals surface area contributed by atoms with Gasteiger partial charge in [0.1, 0.15) is 6.61 Å². The van der Waals surface area contributed by atoms with Crippen molar-refractivity contribution in [3.8, 4) is 0 Å². The number of aliphatic hydroxyl groups excluding tert-OH is 1. The first kappa shape index (κ1) is 13.3. The maximum absolute atomic E-state index is 12.7. The second kappa shape index (κ2) is 5.54. The van der Waals surface area contributed by atoms with Crippen molar-refractivity contribution in [2.45, 2.75) is 31.7 Å². The van der Waals surface area contributed by atoms with E-state index in [1.165, 1.54) is 0 Å². The molecule has 94 valence electrons. The van der Waals surface area contributed by atoms with Crippen LogP contribution in [0.15, 0.2) is 0 Å². The molecule has 4 nitrogen and oxygen atoms in total. The number of hydrogen-bond acceptors (Lipinski definition) is 3. The Hall–Kier alpha value is -0.750. The molecule has 1 aliphatic heterocycles. The van der Waals surface area contributed by atoms with Crippen LogP contribution in [-0.2, 0) is 4.79 Å². The number of amides is 1. The summed E-state index contributed by atoms with van der Waals surface area (Å²) in [5.74, 6) is -3.31. The van der Waals surface area contributed by atoms with Crippen LogP contribution in [0.5, 0.6) is 0 Å². The molecule has 0 saturated carbocycles. The molecule has 1 atom stereocenters. The molecule has 1 unspecified atom stereocenters. The predicted molar refractivity (Wildman–Crippen MR) is 55.3 cm³/mol. The van der Waals surface area contributed by atoms with Crippen LogP contribution in [0, 0.1) is 0 Å². The van der Waals surface area contributed by atoms with Gasteiger partial charge in [0.25, 0.3) is 5.92 Å². The zero-order valence-corrected chi connectivity index (χ0v) is 9.38. The second-order valence-electron chi connectivity index (χ2n) is 4.15. The lowest BCUT2D eigenvalue weighted by Gasteiger charge is -2.23. The average Bonchev–Trinajstić information content (AvgIpc) is 2.78. The SMILES string of the molecule is CC(NCC(F)(F)CO)C(=O)N1CCCC1. The van der Waals surface area contributed by atoms with Crippen molar-refractivity contribution in [3.63, 3.8) is 0 Å². The van der Waals surface area contributed by atoms with E-state index in [2.05, 4.69) is 5.32 Å². The van der Waals surface area contributed by atoms with Gasteiger partial charge in [-0.25, -0.2) is 8.78 Å². The number of carbonyl (C=O) groups excluding carboxylic acids is 1. The highest BCUT2D eigenvalue weighted by molar-refractivity contribution is 5.81. The Morgan fingerprint density at radius 2 is 2.06 bits per heavy atom. The van der Waals surface area contributed by atoms with Gasteiger partial charge in [0.05, 0.1) is 12.6 Å². The van der Waals surface area contributed by atoms with E-state index in [1.807, 2.05) is 0 Å². The van der Waals surface area contributed by atoms with Gasteiger partial charge in [0, 0.05) is 13.1 Å². The van der Waals surface area contributed by atoms with Crippen LogP contribution in [-0.4, -0.2) is 54.1 Å². The number of aliphatic hydroxyl groups is 1. The van der Waals surface area contributed by atoms with Gasteiger partial charge < -0.3 is 15.3 Å². The van der Waals surface area contributed by atoms with E-state index < -0.39 is 25.1 Å². The minimum Gasteiger partial charge on any atom is -0.390 e. The molecule has 6 heteroatoms. The van der Waals surface area contributed by atoms with Crippen molar-refractivity contribution in [3.05, 3.63) is 0 Å². The monoisotopic (exact) mass is 236 g/mol. The summed E-state index contributed by atoms with van der Waals surface area (Å²) in [6, 6.07) is -0.629. The summed E-state index contributed by atoms with van der Waals surface area (Å²) in [6.45, 7) is 1.10. The molecule has 16 heavy (non-hydrogen) atoms. The number of nitrogens with one attached hydrogen (secondary N) is 1. The fraction of sp³-hybridized carbons (Fsp3) is 0.900. The fourth-order valence-electron chi connectivity index (χ4n) is 1.66. The highest BCUT2D eigenvalue weighted by atomic mass is 19.3. The van der Waals surface area contributed by atoms with Crippen molar-refractivity contribution in [2.75, 3.05) is 26.2 Å². The first-order chi connectivity index (χ1) is 7.46. The van der Waals surface area contributed by atoms with E-state index in [4.69, 9.17) is 5.11 Å². The third kappa shape index (κ3) is 3.68. The first-order valence-electron chi connectivity index (χ1n) is 5.47. The summed E-state index contributed by atoms with van der Waals surface area (Å²) in [5, 5.41) is 10.8. The molecular weight excluding hydrogens is 218 g/mol. The quantitative estimate of drug-likeness (QED) is 0.717. The lowest BCUT2D eigenvalue weighted by molar-refractivity contribution is -0.132. The summed E-state index contributed by atoms with van der Waals surface area (Å²) in [4.78, 5) is 13.4. The number of alkyl halides is 2. The van der Waals surface area contributed by atoms with Crippen LogP contribution in [0.3, 0.4) is 0 Å². The van der Waals surface area contributed by atoms with Crippen molar-refractivity contribution >= 4 is 5.91 Å². The topological polar surface area (TPSA) is 52.6 Å². The normalized spacial score (nSPS) is 18.9. The zero-order chi connectivity index (χ0) is 12.2. The Labute approximate surface area is 93.6 Å². The number of hydrogen-bond donors (Lipinski definition) is 2. The van der Waals surface area contributed by atoms with E-state index in [9.17, 15) is 13.6 Å². The lowest BCUT2D eigenvalue weighted by atomic mass is 10.2. The Bertz CT molecular complexity index is 243. The fourth-order valence-corrected chi connectivity index (χ4v) is 1.66. The van der Waals surface area contributed by atoms with Gasteiger partial charge in [-0.3, -0.25) is 4.79 Å². The maximum atomic E-state index is 12.7. The molecule has 1 saturated heterocycles. The average molecular weight is 236 g/mol. The van der Waals surface area contributed by atoms with Crippen molar-refractivity contribution in [2.24, 2.45) is 0 Å². The van der Waals surface area contributed by atoms with Gasteiger partial charge in [-0.2, -0.15) is 0 Å². The molecule has 2 N–H and O–H groups in total. The van der Waals surface area contributed by atoms with Gasteiger partial charge in [0.15, 0.2) is 0 Å². The maximum Gasteiger partial charge on any atom is 0.282 e. The molecule has 1 fully saturated rings. The molecule has 0 aromatic carbocycles. The summed E-state index contributed by atoms with van der Waals surface area (Å²) in [7, 11) is 0. The first-order valence-corrected chi connectivity index (χ1v) is 5.47. The third-order valence-corrected chi connectivity index (χ3v) is 2.69. The van der Waals surface area contributed by atoms with Crippen LogP contribution < -0.4 is 5.32 Å². The molecule has 0 bridgehead atoms. The molecule has 1 heterocycles. The third-order valence-electron chi connectivity index (χ3n) is 2.69. The Kier molecular flexibility index (Phi) is 4.61. The number of rotatable bonds is 5. The van der Waals surface area contributed by atoms with Crippen LogP contribution in [0.25, 0.3) is 0 Å². The van der Waals surface area contributed by atoms with Crippen LogP contribution in [0.1, 0.15) is 19.8 Å². The summed E-state index contributed by atoms with van der Waals surface area (Å²) in [5.41, 5.74) is 0.